The van der Waals surface area contributed by atoms with E-state index in [-0.39, 0.29) is 23.1 Å². The second-order valence-electron chi connectivity index (χ2n) is 13.2. The summed E-state index contributed by atoms with van der Waals surface area (Å²) < 4.78 is 0. The summed E-state index contributed by atoms with van der Waals surface area (Å²) in [5, 5.41) is 8.32. The molecule has 1 atom stereocenters. The molecule has 0 spiro atoms. The van der Waals surface area contributed by atoms with Crippen molar-refractivity contribution in [1.82, 2.24) is 15.2 Å². The van der Waals surface area contributed by atoms with E-state index < -0.39 is 6.04 Å². The summed E-state index contributed by atoms with van der Waals surface area (Å²) in [5.41, 5.74) is 7.48. The van der Waals surface area contributed by atoms with Crippen LogP contribution in [0.4, 0.5) is 5.13 Å². The number of amides is 3. The van der Waals surface area contributed by atoms with Gasteiger partial charge in [-0.3, -0.25) is 19.7 Å². The molecular formula is C40H40N4O3S. The molecule has 1 saturated heterocycles. The van der Waals surface area contributed by atoms with Crippen LogP contribution in [-0.4, -0.2) is 40.7 Å². The van der Waals surface area contributed by atoms with Crippen molar-refractivity contribution < 1.29 is 14.4 Å². The van der Waals surface area contributed by atoms with Crippen molar-refractivity contribution in [1.29, 1.82) is 0 Å². The standard InChI is InChI=1S/C40H40N4O3S/c1-26-11-10-14-32(34(26)28-19-21-31(22-20-28)40(2,3)4)37(46)43-39-41-33(25-48-39)27-15-17-30(18-16-27)36(45)42-35(29-12-6-5-7-13-29)38(47)44-23-8-9-24-44/h5-7,10-22,25,35H,8-9,23-24H2,1-4H3,(H,42,45)(H,41,43,46)/t35-/m0/s1. The highest BCUT2D eigenvalue weighted by Gasteiger charge is 2.29. The van der Waals surface area contributed by atoms with Crippen LogP contribution >= 0.6 is 11.3 Å². The maximum absolute atomic E-state index is 13.6. The Balaban J connectivity index is 1.15. The van der Waals surface area contributed by atoms with E-state index in [1.54, 1.807) is 12.1 Å². The molecule has 2 N–H and O–H groups in total. The zero-order valence-corrected chi connectivity index (χ0v) is 28.6. The fourth-order valence-electron chi connectivity index (χ4n) is 6.07. The Kier molecular flexibility index (Phi) is 9.55. The minimum Gasteiger partial charge on any atom is -0.341 e. The van der Waals surface area contributed by atoms with Gasteiger partial charge in [0.2, 0.25) is 5.91 Å². The van der Waals surface area contributed by atoms with E-state index in [0.29, 0.717) is 35.0 Å². The van der Waals surface area contributed by atoms with Gasteiger partial charge in [0, 0.05) is 35.2 Å². The molecule has 6 rings (SSSR count). The fraction of sp³-hybridized carbons (Fsp3) is 0.250. The first-order valence-electron chi connectivity index (χ1n) is 16.3. The van der Waals surface area contributed by atoms with E-state index in [9.17, 15) is 14.4 Å². The quantitative estimate of drug-likeness (QED) is 0.175. The van der Waals surface area contributed by atoms with Gasteiger partial charge in [-0.05, 0) is 71.2 Å². The second kappa shape index (κ2) is 14.0. The van der Waals surface area contributed by atoms with Gasteiger partial charge < -0.3 is 10.2 Å². The summed E-state index contributed by atoms with van der Waals surface area (Å²) in [5.74, 6) is -0.633. The van der Waals surface area contributed by atoms with Crippen LogP contribution in [0.1, 0.15) is 77.1 Å². The number of carbonyl (C=O) groups is 3. The largest absolute Gasteiger partial charge is 0.341 e. The number of likely N-dealkylation sites (tertiary alicyclic amines) is 1. The van der Waals surface area contributed by atoms with E-state index >= 15 is 0 Å². The molecule has 8 heteroatoms. The predicted molar refractivity (Wildman–Crippen MR) is 193 cm³/mol. The average molecular weight is 657 g/mol. The first-order chi connectivity index (χ1) is 23.1. The van der Waals surface area contributed by atoms with E-state index in [4.69, 9.17) is 0 Å². The Labute approximate surface area is 286 Å². The van der Waals surface area contributed by atoms with E-state index in [1.165, 1.54) is 16.9 Å². The molecule has 4 aromatic carbocycles. The molecule has 5 aromatic rings. The molecule has 48 heavy (non-hydrogen) atoms. The minimum absolute atomic E-state index is 0.0404. The lowest BCUT2D eigenvalue weighted by molar-refractivity contribution is -0.132. The van der Waals surface area contributed by atoms with Crippen LogP contribution in [0.5, 0.6) is 0 Å². The van der Waals surface area contributed by atoms with Gasteiger partial charge in [0.15, 0.2) is 5.13 Å². The fourth-order valence-corrected chi connectivity index (χ4v) is 6.78. The number of hydrogen-bond acceptors (Lipinski definition) is 5. The van der Waals surface area contributed by atoms with Crippen LogP contribution in [0.3, 0.4) is 0 Å². The van der Waals surface area contributed by atoms with E-state index in [0.717, 1.165) is 40.7 Å². The molecule has 0 saturated carbocycles. The number of hydrogen-bond donors (Lipinski definition) is 2. The third kappa shape index (κ3) is 7.24. The number of carbonyl (C=O) groups excluding carboxylic acids is 3. The van der Waals surface area contributed by atoms with Crippen LogP contribution < -0.4 is 10.6 Å². The number of aromatic nitrogens is 1. The Morgan fingerprint density at radius 3 is 2.12 bits per heavy atom. The number of nitrogens with one attached hydrogen (secondary N) is 2. The lowest BCUT2D eigenvalue weighted by atomic mass is 9.85. The second-order valence-corrected chi connectivity index (χ2v) is 14.1. The van der Waals surface area contributed by atoms with Crippen LogP contribution in [0.15, 0.2) is 102 Å². The van der Waals surface area contributed by atoms with Gasteiger partial charge in [0.1, 0.15) is 6.04 Å². The Hall–Kier alpha value is -5.08. The van der Waals surface area contributed by atoms with Gasteiger partial charge in [-0.1, -0.05) is 99.6 Å². The highest BCUT2D eigenvalue weighted by Crippen LogP contribution is 2.32. The van der Waals surface area contributed by atoms with Gasteiger partial charge in [-0.25, -0.2) is 4.98 Å². The zero-order valence-electron chi connectivity index (χ0n) is 27.7. The summed E-state index contributed by atoms with van der Waals surface area (Å²) >= 11 is 1.35. The molecule has 0 radical (unpaired) electrons. The summed E-state index contributed by atoms with van der Waals surface area (Å²) in [6.45, 7) is 9.99. The number of rotatable bonds is 8. The van der Waals surface area contributed by atoms with Gasteiger partial charge in [-0.15, -0.1) is 11.3 Å². The highest BCUT2D eigenvalue weighted by molar-refractivity contribution is 7.14. The van der Waals surface area contributed by atoms with Crippen molar-refractivity contribution >= 4 is 34.2 Å². The lowest BCUT2D eigenvalue weighted by Crippen LogP contribution is -2.41. The summed E-state index contributed by atoms with van der Waals surface area (Å²) in [6.07, 6.45) is 1.95. The summed E-state index contributed by atoms with van der Waals surface area (Å²) in [7, 11) is 0. The molecule has 0 aliphatic carbocycles. The molecule has 1 aromatic heterocycles. The van der Waals surface area contributed by atoms with Gasteiger partial charge in [-0.2, -0.15) is 0 Å². The van der Waals surface area contributed by atoms with Crippen LogP contribution in [0.2, 0.25) is 0 Å². The van der Waals surface area contributed by atoms with Crippen molar-refractivity contribution in [2.45, 2.75) is 52.0 Å². The van der Waals surface area contributed by atoms with Crippen molar-refractivity contribution in [3.8, 4) is 22.4 Å². The molecule has 3 amide bonds. The lowest BCUT2D eigenvalue weighted by Gasteiger charge is -2.24. The summed E-state index contributed by atoms with van der Waals surface area (Å²) in [4.78, 5) is 46.7. The smallest absolute Gasteiger partial charge is 0.258 e. The third-order valence-electron chi connectivity index (χ3n) is 8.80. The minimum atomic E-state index is -0.752. The first kappa shape index (κ1) is 32.8. The number of nitrogens with zero attached hydrogens (tertiary/aromatic N) is 2. The molecule has 1 aliphatic rings. The number of benzene rings is 4. The number of thiazole rings is 1. The van der Waals surface area contributed by atoms with Crippen molar-refractivity contribution in [3.05, 3.63) is 130 Å². The first-order valence-corrected chi connectivity index (χ1v) is 17.2. The zero-order chi connectivity index (χ0) is 33.8. The Morgan fingerprint density at radius 1 is 0.792 bits per heavy atom. The van der Waals surface area contributed by atoms with Crippen molar-refractivity contribution in [2.75, 3.05) is 18.4 Å². The number of aryl methyl sites for hydroxylation is 1. The van der Waals surface area contributed by atoms with Gasteiger partial charge >= 0.3 is 0 Å². The normalized spacial score (nSPS) is 13.6. The molecular weight excluding hydrogens is 617 g/mol. The SMILES string of the molecule is Cc1cccc(C(=O)Nc2nc(-c3ccc(C(=O)N[C@H](C(=O)N4CCCC4)c4ccccc4)cc3)cs2)c1-c1ccc(C(C)(C)C)cc1. The predicted octanol–water partition coefficient (Wildman–Crippen LogP) is 8.43. The van der Waals surface area contributed by atoms with Crippen LogP contribution in [-0.2, 0) is 10.2 Å². The molecule has 1 fully saturated rings. The van der Waals surface area contributed by atoms with Crippen molar-refractivity contribution in [3.63, 3.8) is 0 Å². The topological polar surface area (TPSA) is 91.4 Å². The van der Waals surface area contributed by atoms with E-state index in [1.807, 2.05) is 77.9 Å². The number of anilines is 1. The monoisotopic (exact) mass is 656 g/mol. The molecule has 0 bridgehead atoms. The van der Waals surface area contributed by atoms with Crippen LogP contribution in [0, 0.1) is 6.92 Å². The molecule has 1 aliphatic heterocycles. The molecule has 244 valence electrons. The molecule has 0 unspecified atom stereocenters. The Morgan fingerprint density at radius 2 is 1.46 bits per heavy atom. The third-order valence-corrected chi connectivity index (χ3v) is 9.56. The maximum atomic E-state index is 13.6. The van der Waals surface area contributed by atoms with Crippen LogP contribution in [0.25, 0.3) is 22.4 Å². The van der Waals surface area contributed by atoms with Gasteiger partial charge in [0.05, 0.1) is 5.69 Å². The highest BCUT2D eigenvalue weighted by atomic mass is 32.1. The summed E-state index contributed by atoms with van der Waals surface area (Å²) in [6, 6.07) is 29.9. The molecule has 2 heterocycles. The average Bonchev–Trinajstić information content (AvgIpc) is 3.80. The Bertz CT molecular complexity index is 1920. The van der Waals surface area contributed by atoms with E-state index in [2.05, 4.69) is 60.7 Å². The van der Waals surface area contributed by atoms with Gasteiger partial charge in [0.25, 0.3) is 11.8 Å². The molecule has 7 nitrogen and oxygen atoms in total. The van der Waals surface area contributed by atoms with Crippen molar-refractivity contribution in [2.24, 2.45) is 0 Å². The maximum Gasteiger partial charge on any atom is 0.258 e.